The molecule has 0 bridgehead atoms. The maximum absolute atomic E-state index is 12.5. The van der Waals surface area contributed by atoms with E-state index in [0.717, 1.165) is 23.3 Å². The summed E-state index contributed by atoms with van der Waals surface area (Å²) in [6.07, 6.45) is 3.44. The van der Waals surface area contributed by atoms with Crippen LogP contribution in [0.1, 0.15) is 23.1 Å². The fraction of sp³-hybridized carbons (Fsp3) is 0.250. The number of halogens is 1. The molecule has 0 fully saturated rings. The van der Waals surface area contributed by atoms with Crippen molar-refractivity contribution in [3.63, 3.8) is 0 Å². The van der Waals surface area contributed by atoms with E-state index in [1.165, 1.54) is 17.5 Å². The summed E-state index contributed by atoms with van der Waals surface area (Å²) >= 11 is 6.13. The number of nitrogen functional groups attached to an aromatic ring is 1. The van der Waals surface area contributed by atoms with Gasteiger partial charge in [-0.1, -0.05) is 17.7 Å². The molecule has 0 spiro atoms. The Kier molecular flexibility index (Phi) is 3.81. The third kappa shape index (κ3) is 2.74. The molecule has 3 rings (SSSR count). The van der Waals surface area contributed by atoms with Crippen molar-refractivity contribution in [3.05, 3.63) is 58.1 Å². The Morgan fingerprint density at radius 3 is 2.75 bits per heavy atom. The minimum atomic E-state index is -1.09. The van der Waals surface area contributed by atoms with Gasteiger partial charge in [-0.15, -0.1) is 0 Å². The van der Waals surface area contributed by atoms with Crippen molar-refractivity contribution in [2.24, 2.45) is 0 Å². The van der Waals surface area contributed by atoms with Crippen LogP contribution >= 0.6 is 11.6 Å². The van der Waals surface area contributed by atoms with Crippen LogP contribution < -0.4 is 5.73 Å². The van der Waals surface area contributed by atoms with E-state index in [1.54, 1.807) is 18.2 Å². The molecule has 2 nitrogen and oxygen atoms in total. The summed E-state index contributed by atoms with van der Waals surface area (Å²) in [4.78, 5) is 0.879. The van der Waals surface area contributed by atoms with Crippen LogP contribution in [-0.4, -0.2) is 4.21 Å². The van der Waals surface area contributed by atoms with Gasteiger partial charge < -0.3 is 5.73 Å². The molecule has 20 heavy (non-hydrogen) atoms. The first-order valence-corrected chi connectivity index (χ1v) is 8.37. The highest BCUT2D eigenvalue weighted by molar-refractivity contribution is 7.84. The fourth-order valence-corrected chi connectivity index (χ4v) is 4.06. The van der Waals surface area contributed by atoms with E-state index < -0.39 is 10.8 Å². The molecular formula is C16H16ClNOS. The van der Waals surface area contributed by atoms with Gasteiger partial charge in [0.15, 0.2) is 0 Å². The molecule has 0 heterocycles. The third-order valence-electron chi connectivity index (χ3n) is 3.69. The summed E-state index contributed by atoms with van der Waals surface area (Å²) in [6.45, 7) is 0. The van der Waals surface area contributed by atoms with Crippen LogP contribution in [0.3, 0.4) is 0 Å². The van der Waals surface area contributed by atoms with Crippen LogP contribution in [0.4, 0.5) is 5.69 Å². The summed E-state index contributed by atoms with van der Waals surface area (Å²) < 4.78 is 12.5. The smallest absolute Gasteiger partial charge is 0.0574 e. The van der Waals surface area contributed by atoms with Crippen molar-refractivity contribution in [1.82, 2.24) is 0 Å². The Hall–Kier alpha value is -1.32. The molecule has 2 N–H and O–H groups in total. The van der Waals surface area contributed by atoms with Gasteiger partial charge >= 0.3 is 0 Å². The molecule has 1 aliphatic rings. The highest BCUT2D eigenvalue weighted by Crippen LogP contribution is 2.26. The molecule has 4 heteroatoms. The van der Waals surface area contributed by atoms with Gasteiger partial charge in [0.25, 0.3) is 0 Å². The number of anilines is 1. The number of rotatable bonds is 3. The van der Waals surface area contributed by atoms with E-state index >= 15 is 0 Å². The van der Waals surface area contributed by atoms with E-state index in [0.29, 0.717) is 16.5 Å². The molecule has 1 atom stereocenters. The summed E-state index contributed by atoms with van der Waals surface area (Å²) in [5.74, 6) is 0.405. The Morgan fingerprint density at radius 1 is 1.10 bits per heavy atom. The molecule has 104 valence electrons. The molecule has 0 aliphatic heterocycles. The first-order valence-electron chi connectivity index (χ1n) is 6.67. The SMILES string of the molecule is Nc1ccc(Cl)c(CS(=O)c2ccc3c(c2)CCC3)c1. The van der Waals surface area contributed by atoms with Crippen molar-refractivity contribution >= 4 is 28.1 Å². The average molecular weight is 306 g/mol. The predicted molar refractivity (Wildman–Crippen MR) is 84.4 cm³/mol. The Balaban J connectivity index is 1.84. The van der Waals surface area contributed by atoms with E-state index in [-0.39, 0.29) is 0 Å². The second-order valence-electron chi connectivity index (χ2n) is 5.12. The van der Waals surface area contributed by atoms with Gasteiger partial charge in [-0.05, 0) is 66.3 Å². The lowest BCUT2D eigenvalue weighted by atomic mass is 10.1. The van der Waals surface area contributed by atoms with Crippen molar-refractivity contribution in [3.8, 4) is 0 Å². The molecule has 0 radical (unpaired) electrons. The summed E-state index contributed by atoms with van der Waals surface area (Å²) in [6, 6.07) is 11.5. The Bertz CT molecular complexity index is 684. The van der Waals surface area contributed by atoms with Gasteiger partial charge in [-0.25, -0.2) is 0 Å². The van der Waals surface area contributed by atoms with Crippen LogP contribution in [0.5, 0.6) is 0 Å². The van der Waals surface area contributed by atoms with Crippen molar-refractivity contribution in [2.75, 3.05) is 5.73 Å². The zero-order valence-electron chi connectivity index (χ0n) is 11.1. The van der Waals surface area contributed by atoms with Crippen LogP contribution in [0.2, 0.25) is 5.02 Å². The van der Waals surface area contributed by atoms with E-state index in [2.05, 4.69) is 12.1 Å². The Morgan fingerprint density at radius 2 is 1.90 bits per heavy atom. The topological polar surface area (TPSA) is 43.1 Å². The lowest BCUT2D eigenvalue weighted by Crippen LogP contribution is -1.99. The number of hydrogen-bond acceptors (Lipinski definition) is 2. The van der Waals surface area contributed by atoms with Crippen LogP contribution in [0, 0.1) is 0 Å². The van der Waals surface area contributed by atoms with Crippen LogP contribution in [0.15, 0.2) is 41.3 Å². The molecule has 0 amide bonds. The lowest BCUT2D eigenvalue weighted by molar-refractivity contribution is 0.682. The molecule has 2 aromatic rings. The number of nitrogens with two attached hydrogens (primary N) is 1. The molecular weight excluding hydrogens is 290 g/mol. The number of hydrogen-bond donors (Lipinski definition) is 1. The quantitative estimate of drug-likeness (QED) is 0.878. The standard InChI is InChI=1S/C16H16ClNOS/c17-16-7-5-14(18)8-13(16)10-20(19)15-6-4-11-2-1-3-12(11)9-15/h4-9H,1-3,10,18H2. The molecule has 2 aromatic carbocycles. The summed E-state index contributed by atoms with van der Waals surface area (Å²) in [7, 11) is -1.09. The number of aryl methyl sites for hydroxylation is 2. The monoisotopic (exact) mass is 305 g/mol. The molecule has 0 saturated heterocycles. The predicted octanol–water partition coefficient (Wildman–Crippen LogP) is 3.72. The number of fused-ring (bicyclic) bond motifs is 1. The van der Waals surface area contributed by atoms with Gasteiger partial charge in [-0.3, -0.25) is 4.21 Å². The minimum absolute atomic E-state index is 0.405. The van der Waals surface area contributed by atoms with Crippen molar-refractivity contribution in [1.29, 1.82) is 0 Å². The van der Waals surface area contributed by atoms with E-state index in [1.807, 2.05) is 6.07 Å². The van der Waals surface area contributed by atoms with Gasteiger partial charge in [0.2, 0.25) is 0 Å². The zero-order valence-corrected chi connectivity index (χ0v) is 12.6. The summed E-state index contributed by atoms with van der Waals surface area (Å²) in [5, 5.41) is 0.619. The largest absolute Gasteiger partial charge is 0.399 e. The van der Waals surface area contributed by atoms with Crippen LogP contribution in [0.25, 0.3) is 0 Å². The van der Waals surface area contributed by atoms with E-state index in [9.17, 15) is 4.21 Å². The maximum Gasteiger partial charge on any atom is 0.0574 e. The van der Waals surface area contributed by atoms with Gasteiger partial charge in [0.05, 0.1) is 16.6 Å². The molecule has 0 saturated carbocycles. The first kappa shape index (κ1) is 13.7. The normalized spacial score (nSPS) is 15.1. The fourth-order valence-electron chi connectivity index (χ4n) is 2.62. The number of benzene rings is 2. The second-order valence-corrected chi connectivity index (χ2v) is 6.98. The van der Waals surface area contributed by atoms with Gasteiger partial charge in [0, 0.05) is 15.6 Å². The van der Waals surface area contributed by atoms with Gasteiger partial charge in [-0.2, -0.15) is 0 Å². The highest BCUT2D eigenvalue weighted by atomic mass is 35.5. The zero-order chi connectivity index (χ0) is 14.1. The second kappa shape index (κ2) is 5.58. The molecule has 1 unspecified atom stereocenters. The molecule has 1 aliphatic carbocycles. The highest BCUT2D eigenvalue weighted by Gasteiger charge is 2.14. The first-order chi connectivity index (χ1) is 9.63. The lowest BCUT2D eigenvalue weighted by Gasteiger charge is -2.07. The third-order valence-corrected chi connectivity index (χ3v) is 5.41. The van der Waals surface area contributed by atoms with Crippen molar-refractivity contribution < 1.29 is 4.21 Å². The average Bonchev–Trinajstić information content (AvgIpc) is 2.90. The van der Waals surface area contributed by atoms with E-state index in [4.69, 9.17) is 17.3 Å². The van der Waals surface area contributed by atoms with Gasteiger partial charge in [0.1, 0.15) is 0 Å². The van der Waals surface area contributed by atoms with Crippen LogP contribution in [-0.2, 0) is 29.4 Å². The maximum atomic E-state index is 12.5. The van der Waals surface area contributed by atoms with Crippen molar-refractivity contribution in [2.45, 2.75) is 29.9 Å². The minimum Gasteiger partial charge on any atom is -0.399 e. The molecule has 0 aromatic heterocycles. The Labute approximate surface area is 126 Å². The summed E-state index contributed by atoms with van der Waals surface area (Å²) in [5.41, 5.74) is 9.98.